The third kappa shape index (κ3) is 5.27. The number of carbonyl (C=O) groups excluding carboxylic acids is 1. The van der Waals surface area contributed by atoms with Gasteiger partial charge in [-0.1, -0.05) is 56.3 Å². The number of likely N-dealkylation sites (tertiary alicyclic amines) is 1. The van der Waals surface area contributed by atoms with E-state index < -0.39 is 29.1 Å². The van der Waals surface area contributed by atoms with Gasteiger partial charge in [-0.25, -0.2) is 4.39 Å². The van der Waals surface area contributed by atoms with Gasteiger partial charge in [-0.15, -0.1) is 0 Å². The van der Waals surface area contributed by atoms with E-state index in [1.54, 1.807) is 6.07 Å². The molecule has 1 amide bonds. The summed E-state index contributed by atoms with van der Waals surface area (Å²) in [7, 11) is 0. The van der Waals surface area contributed by atoms with E-state index in [4.69, 9.17) is 0 Å². The van der Waals surface area contributed by atoms with E-state index in [0.717, 1.165) is 16.7 Å². The van der Waals surface area contributed by atoms with Gasteiger partial charge >= 0.3 is 12.1 Å². The third-order valence-electron chi connectivity index (χ3n) is 10.1. The zero-order valence-corrected chi connectivity index (χ0v) is 23.9. The molecule has 0 bridgehead atoms. The first-order chi connectivity index (χ1) is 19.2. The van der Waals surface area contributed by atoms with Gasteiger partial charge in [0, 0.05) is 23.9 Å². The average Bonchev–Trinajstić information content (AvgIpc) is 3.31. The Kier molecular flexibility index (Phi) is 7.75. The number of halogens is 4. The van der Waals surface area contributed by atoms with Crippen molar-refractivity contribution in [3.8, 4) is 0 Å². The van der Waals surface area contributed by atoms with Crippen LogP contribution in [0.5, 0.6) is 0 Å². The fourth-order valence-electron chi connectivity index (χ4n) is 7.53. The summed E-state index contributed by atoms with van der Waals surface area (Å²) >= 11 is 0. The maximum Gasteiger partial charge on any atom is 0.426 e. The Hall–Kier alpha value is -2.90. The first kappa shape index (κ1) is 29.6. The maximum atomic E-state index is 15.0. The fraction of sp³-hybridized carbons (Fsp3) is 0.576. The molecule has 3 atom stereocenters. The number of aryl methyl sites for hydroxylation is 1. The summed E-state index contributed by atoms with van der Waals surface area (Å²) in [5.74, 6) is -1.04. The minimum Gasteiger partial charge on any atom is -0.481 e. The molecule has 2 aromatic rings. The molecule has 1 saturated carbocycles. The van der Waals surface area contributed by atoms with E-state index in [2.05, 4.69) is 32.0 Å². The van der Waals surface area contributed by atoms with Gasteiger partial charge in [-0.2, -0.15) is 13.2 Å². The normalized spacial score (nSPS) is 27.7. The molecule has 1 aliphatic heterocycles. The van der Waals surface area contributed by atoms with Crippen LogP contribution in [-0.2, 0) is 33.5 Å². The molecule has 5 rings (SSSR count). The summed E-state index contributed by atoms with van der Waals surface area (Å²) in [6.45, 7) is 5.36. The van der Waals surface area contributed by atoms with Crippen molar-refractivity contribution in [2.45, 2.75) is 101 Å². The molecule has 4 nitrogen and oxygen atoms in total. The molecule has 0 aromatic heterocycles. The number of amides is 1. The van der Waals surface area contributed by atoms with Gasteiger partial charge in [0.1, 0.15) is 0 Å². The lowest BCUT2D eigenvalue weighted by atomic mass is 9.63. The molecule has 8 heteroatoms. The van der Waals surface area contributed by atoms with Gasteiger partial charge < -0.3 is 10.0 Å². The number of carboxylic acid groups (broad SMARTS) is 1. The highest BCUT2D eigenvalue weighted by Crippen LogP contribution is 2.51. The molecule has 3 unspecified atom stereocenters. The van der Waals surface area contributed by atoms with Crippen LogP contribution in [0.2, 0.25) is 0 Å². The highest BCUT2D eigenvalue weighted by atomic mass is 19.4. The highest BCUT2D eigenvalue weighted by molar-refractivity contribution is 5.80. The van der Waals surface area contributed by atoms with Crippen LogP contribution in [0, 0.1) is 11.8 Å². The molecule has 41 heavy (non-hydrogen) atoms. The Labute approximate surface area is 239 Å². The molecular formula is C33H39F4NO3. The van der Waals surface area contributed by atoms with E-state index >= 15 is 0 Å². The molecule has 222 valence electrons. The number of hydrogen-bond acceptors (Lipinski definition) is 2. The van der Waals surface area contributed by atoms with Gasteiger partial charge in [0.05, 0.1) is 5.92 Å². The van der Waals surface area contributed by atoms with E-state index in [1.807, 2.05) is 11.0 Å². The van der Waals surface area contributed by atoms with Crippen molar-refractivity contribution in [1.82, 2.24) is 4.90 Å². The van der Waals surface area contributed by atoms with Crippen LogP contribution in [0.4, 0.5) is 17.6 Å². The first-order valence-electron chi connectivity index (χ1n) is 14.8. The summed E-state index contributed by atoms with van der Waals surface area (Å²) in [5, 5.41) is 9.38. The largest absolute Gasteiger partial charge is 0.481 e. The lowest BCUT2D eigenvalue weighted by Gasteiger charge is -2.45. The van der Waals surface area contributed by atoms with E-state index in [9.17, 15) is 32.3 Å². The predicted octanol–water partition coefficient (Wildman–Crippen LogP) is 7.48. The first-order valence-corrected chi connectivity index (χ1v) is 14.8. The third-order valence-corrected chi connectivity index (χ3v) is 10.1. The highest BCUT2D eigenvalue weighted by Gasteiger charge is 2.56. The molecule has 2 aliphatic carbocycles. The number of benzene rings is 2. The van der Waals surface area contributed by atoms with E-state index in [1.165, 1.54) is 17.7 Å². The number of carboxylic acids is 1. The van der Waals surface area contributed by atoms with Gasteiger partial charge in [0.15, 0.2) is 0 Å². The van der Waals surface area contributed by atoms with Crippen LogP contribution in [0.1, 0.15) is 93.0 Å². The molecule has 0 spiro atoms. The predicted molar refractivity (Wildman–Crippen MR) is 148 cm³/mol. The van der Waals surface area contributed by atoms with Crippen LogP contribution < -0.4 is 0 Å². The number of aliphatic carboxylic acids is 1. The average molecular weight is 574 g/mol. The van der Waals surface area contributed by atoms with Crippen LogP contribution in [0.3, 0.4) is 0 Å². The Bertz CT molecular complexity index is 1310. The molecular weight excluding hydrogens is 534 g/mol. The topological polar surface area (TPSA) is 57.6 Å². The van der Waals surface area contributed by atoms with Crippen molar-refractivity contribution in [3.05, 3.63) is 70.3 Å². The molecule has 2 aromatic carbocycles. The number of carbonyl (C=O) groups is 2. The van der Waals surface area contributed by atoms with Crippen molar-refractivity contribution >= 4 is 11.9 Å². The van der Waals surface area contributed by atoms with Crippen molar-refractivity contribution in [3.63, 3.8) is 0 Å². The van der Waals surface area contributed by atoms with Crippen LogP contribution >= 0.6 is 0 Å². The number of rotatable bonds is 6. The maximum absolute atomic E-state index is 15.0. The zero-order valence-electron chi connectivity index (χ0n) is 23.9. The molecule has 0 radical (unpaired) electrons. The monoisotopic (exact) mass is 573 g/mol. The fourth-order valence-corrected chi connectivity index (χ4v) is 7.53. The summed E-state index contributed by atoms with van der Waals surface area (Å²) in [6, 6.07) is 12.6. The summed E-state index contributed by atoms with van der Waals surface area (Å²) in [5.41, 5.74) is -0.398. The van der Waals surface area contributed by atoms with Gasteiger partial charge in [0.2, 0.25) is 11.6 Å². The Morgan fingerprint density at radius 1 is 1.00 bits per heavy atom. The van der Waals surface area contributed by atoms with E-state index in [-0.39, 0.29) is 23.4 Å². The lowest BCUT2D eigenvalue weighted by molar-refractivity contribution is -0.228. The minimum absolute atomic E-state index is 0.0603. The van der Waals surface area contributed by atoms with Crippen molar-refractivity contribution in [1.29, 1.82) is 0 Å². The van der Waals surface area contributed by atoms with Crippen LogP contribution in [0.15, 0.2) is 42.5 Å². The second-order valence-corrected chi connectivity index (χ2v) is 12.8. The number of fused-ring (bicyclic) bond motifs is 3. The summed E-state index contributed by atoms with van der Waals surface area (Å²) in [4.78, 5) is 27.3. The van der Waals surface area contributed by atoms with Crippen molar-refractivity contribution in [2.24, 2.45) is 11.8 Å². The molecule has 3 aliphatic rings. The van der Waals surface area contributed by atoms with Crippen LogP contribution in [-0.4, -0.2) is 40.6 Å². The molecule has 1 N–H and O–H groups in total. The quantitative estimate of drug-likeness (QED) is 0.365. The Morgan fingerprint density at radius 3 is 2.32 bits per heavy atom. The minimum atomic E-state index is -5.02. The lowest BCUT2D eigenvalue weighted by Crippen LogP contribution is -2.51. The van der Waals surface area contributed by atoms with Crippen LogP contribution in [0.25, 0.3) is 0 Å². The Morgan fingerprint density at radius 2 is 1.68 bits per heavy atom. The number of nitrogens with zero attached hydrogens (tertiary/aromatic N) is 1. The summed E-state index contributed by atoms with van der Waals surface area (Å²) < 4.78 is 55.7. The van der Waals surface area contributed by atoms with Crippen molar-refractivity contribution in [2.75, 3.05) is 6.54 Å². The molecule has 2 fully saturated rings. The second-order valence-electron chi connectivity index (χ2n) is 12.8. The van der Waals surface area contributed by atoms with E-state index in [0.29, 0.717) is 70.8 Å². The smallest absolute Gasteiger partial charge is 0.426 e. The molecule has 1 heterocycles. The van der Waals surface area contributed by atoms with Gasteiger partial charge in [-0.05, 0) is 92.0 Å². The number of alkyl halides is 4. The standard InChI is InChI=1S/C33H39F4NO3/c1-20(2)24-6-4-5-21(17-24)19-32-15-16-38(29(39)22-7-9-23(10-8-22)30(40)41)28(32)14-11-25-18-26(12-13-27(25)32)31(3,34)33(35,36)37/h4-6,12-13,17-18,20,22-23,28H,7-11,14-16,19H2,1-3H3,(H,40,41)/t22-,23-,28?,31?,32?. The van der Waals surface area contributed by atoms with Gasteiger partial charge in [-0.3, -0.25) is 9.59 Å². The van der Waals surface area contributed by atoms with Gasteiger partial charge in [0.25, 0.3) is 0 Å². The molecule has 1 saturated heterocycles. The zero-order chi connectivity index (χ0) is 29.7. The SMILES string of the molecule is CC(C)c1cccc(CC23CCN(C(=O)[C@H]4CC[C@H](C(=O)O)CC4)C2CCc2cc(C(C)(F)C(F)(F)F)ccc23)c1. The summed E-state index contributed by atoms with van der Waals surface area (Å²) in [6.07, 6.45) is -0.594. The van der Waals surface area contributed by atoms with Crippen molar-refractivity contribution < 1.29 is 32.3 Å². The Balaban J connectivity index is 1.51. The number of hydrogen-bond donors (Lipinski definition) is 1. The second kappa shape index (κ2) is 10.7.